The summed E-state index contributed by atoms with van der Waals surface area (Å²) in [4.78, 5) is 13.1. The molecule has 1 aromatic carbocycles. The summed E-state index contributed by atoms with van der Waals surface area (Å²) in [5.74, 6) is 2.58. The van der Waals surface area contributed by atoms with Crippen molar-refractivity contribution in [1.82, 2.24) is 4.90 Å². The van der Waals surface area contributed by atoms with Crippen LogP contribution in [0.3, 0.4) is 0 Å². The summed E-state index contributed by atoms with van der Waals surface area (Å²) < 4.78 is 0. The Balaban J connectivity index is 2.26. The molecule has 16 heavy (non-hydrogen) atoms. The van der Waals surface area contributed by atoms with E-state index in [1.54, 1.807) is 11.9 Å². The average Bonchev–Trinajstić information content (AvgIpc) is 2.30. The fourth-order valence-corrected chi connectivity index (χ4v) is 1.50. The Morgan fingerprint density at radius 1 is 1.38 bits per heavy atom. The second kappa shape index (κ2) is 6.68. The van der Waals surface area contributed by atoms with Gasteiger partial charge in [0, 0.05) is 13.5 Å². The summed E-state index contributed by atoms with van der Waals surface area (Å²) in [6.07, 6.45) is 7.52. The number of aryl methyl sites for hydroxylation is 1. The molecule has 0 spiro atoms. The van der Waals surface area contributed by atoms with E-state index in [1.165, 1.54) is 5.56 Å². The van der Waals surface area contributed by atoms with E-state index in [0.29, 0.717) is 13.0 Å². The first-order chi connectivity index (χ1) is 7.74. The number of hydrogen-bond acceptors (Lipinski definition) is 1. The first kappa shape index (κ1) is 12.3. The standard InChI is InChI=1S/C14H17NO/c1-3-12-15(2)14(16)11-7-10-13-8-5-4-6-9-13/h1,4-6,8-9H,7,10-12H2,2H3. The number of rotatable bonds is 5. The molecular weight excluding hydrogens is 198 g/mol. The van der Waals surface area contributed by atoms with Gasteiger partial charge in [-0.1, -0.05) is 36.3 Å². The Morgan fingerprint density at radius 2 is 2.06 bits per heavy atom. The predicted octanol–water partition coefficient (Wildman–Crippen LogP) is 2.10. The molecule has 0 atom stereocenters. The van der Waals surface area contributed by atoms with Crippen LogP contribution in [0, 0.1) is 12.3 Å². The van der Waals surface area contributed by atoms with Crippen LogP contribution in [0.1, 0.15) is 18.4 Å². The number of carbonyl (C=O) groups is 1. The highest BCUT2D eigenvalue weighted by molar-refractivity contribution is 5.76. The minimum Gasteiger partial charge on any atom is -0.335 e. The van der Waals surface area contributed by atoms with Crippen molar-refractivity contribution in [3.63, 3.8) is 0 Å². The molecule has 2 heteroatoms. The van der Waals surface area contributed by atoms with Gasteiger partial charge in [0.15, 0.2) is 0 Å². The third-order valence-electron chi connectivity index (χ3n) is 2.45. The topological polar surface area (TPSA) is 20.3 Å². The molecule has 0 saturated carbocycles. The van der Waals surface area contributed by atoms with Gasteiger partial charge >= 0.3 is 0 Å². The third kappa shape index (κ3) is 4.18. The molecule has 2 nitrogen and oxygen atoms in total. The minimum absolute atomic E-state index is 0.119. The third-order valence-corrected chi connectivity index (χ3v) is 2.45. The van der Waals surface area contributed by atoms with Crippen molar-refractivity contribution < 1.29 is 4.79 Å². The monoisotopic (exact) mass is 215 g/mol. The van der Waals surface area contributed by atoms with Gasteiger partial charge in [0.2, 0.25) is 5.91 Å². The molecule has 0 saturated heterocycles. The average molecular weight is 215 g/mol. The molecule has 1 amide bonds. The van der Waals surface area contributed by atoms with Crippen molar-refractivity contribution in [3.8, 4) is 12.3 Å². The molecule has 0 radical (unpaired) electrons. The van der Waals surface area contributed by atoms with Gasteiger partial charge in [0.1, 0.15) is 0 Å². The molecule has 0 heterocycles. The van der Waals surface area contributed by atoms with E-state index in [2.05, 4.69) is 18.1 Å². The molecule has 0 unspecified atom stereocenters. The number of nitrogens with zero attached hydrogens (tertiary/aromatic N) is 1. The van der Waals surface area contributed by atoms with Gasteiger partial charge in [-0.05, 0) is 18.4 Å². The summed E-state index contributed by atoms with van der Waals surface area (Å²) in [5.41, 5.74) is 1.27. The fourth-order valence-electron chi connectivity index (χ4n) is 1.50. The molecule has 0 aromatic heterocycles. The zero-order valence-corrected chi connectivity index (χ0v) is 9.65. The summed E-state index contributed by atoms with van der Waals surface area (Å²) in [5, 5.41) is 0. The van der Waals surface area contributed by atoms with Gasteiger partial charge in [-0.25, -0.2) is 0 Å². The molecular formula is C14H17NO. The Hall–Kier alpha value is -1.75. The van der Waals surface area contributed by atoms with Gasteiger partial charge in [0.05, 0.1) is 6.54 Å². The van der Waals surface area contributed by atoms with Gasteiger partial charge in [0.25, 0.3) is 0 Å². The van der Waals surface area contributed by atoms with E-state index in [0.717, 1.165) is 12.8 Å². The van der Waals surface area contributed by atoms with Crippen LogP contribution in [0.25, 0.3) is 0 Å². The van der Waals surface area contributed by atoms with E-state index in [-0.39, 0.29) is 5.91 Å². The normalized spacial score (nSPS) is 9.50. The van der Waals surface area contributed by atoms with Crippen LogP contribution in [-0.2, 0) is 11.2 Å². The van der Waals surface area contributed by atoms with E-state index >= 15 is 0 Å². The minimum atomic E-state index is 0.119. The number of benzene rings is 1. The fraction of sp³-hybridized carbons (Fsp3) is 0.357. The van der Waals surface area contributed by atoms with Crippen LogP contribution < -0.4 is 0 Å². The summed E-state index contributed by atoms with van der Waals surface area (Å²) >= 11 is 0. The molecule has 0 aliphatic rings. The molecule has 0 bridgehead atoms. The molecule has 0 aliphatic heterocycles. The lowest BCUT2D eigenvalue weighted by Crippen LogP contribution is -2.26. The van der Waals surface area contributed by atoms with Gasteiger partial charge in [-0.3, -0.25) is 4.79 Å². The Bertz CT molecular complexity index is 364. The first-order valence-corrected chi connectivity index (χ1v) is 5.45. The second-order valence-corrected chi connectivity index (χ2v) is 3.79. The second-order valence-electron chi connectivity index (χ2n) is 3.79. The maximum absolute atomic E-state index is 11.6. The lowest BCUT2D eigenvalue weighted by Gasteiger charge is -2.13. The number of amides is 1. The number of hydrogen-bond donors (Lipinski definition) is 0. The van der Waals surface area contributed by atoms with Crippen molar-refractivity contribution in [2.24, 2.45) is 0 Å². The number of terminal acetylenes is 1. The lowest BCUT2D eigenvalue weighted by atomic mass is 10.1. The predicted molar refractivity (Wildman–Crippen MR) is 65.9 cm³/mol. The number of carbonyl (C=O) groups excluding carboxylic acids is 1. The van der Waals surface area contributed by atoms with Crippen molar-refractivity contribution in [1.29, 1.82) is 0 Å². The van der Waals surface area contributed by atoms with Crippen LogP contribution in [0.4, 0.5) is 0 Å². The van der Waals surface area contributed by atoms with Crippen molar-refractivity contribution in [2.45, 2.75) is 19.3 Å². The van der Waals surface area contributed by atoms with Gasteiger partial charge in [-0.2, -0.15) is 0 Å². The highest BCUT2D eigenvalue weighted by Crippen LogP contribution is 2.05. The first-order valence-electron chi connectivity index (χ1n) is 5.45. The van der Waals surface area contributed by atoms with Crippen LogP contribution >= 0.6 is 0 Å². The van der Waals surface area contributed by atoms with Crippen LogP contribution in [0.5, 0.6) is 0 Å². The summed E-state index contributed by atoms with van der Waals surface area (Å²) in [6.45, 7) is 0.393. The highest BCUT2D eigenvalue weighted by atomic mass is 16.2. The quantitative estimate of drug-likeness (QED) is 0.689. The van der Waals surface area contributed by atoms with Crippen molar-refractivity contribution in [2.75, 3.05) is 13.6 Å². The van der Waals surface area contributed by atoms with E-state index < -0.39 is 0 Å². The Morgan fingerprint density at radius 3 is 2.69 bits per heavy atom. The van der Waals surface area contributed by atoms with Gasteiger partial charge < -0.3 is 4.90 Å². The zero-order valence-electron chi connectivity index (χ0n) is 9.65. The van der Waals surface area contributed by atoms with Crippen molar-refractivity contribution >= 4 is 5.91 Å². The van der Waals surface area contributed by atoms with Crippen LogP contribution in [0.2, 0.25) is 0 Å². The van der Waals surface area contributed by atoms with Crippen LogP contribution in [-0.4, -0.2) is 24.4 Å². The maximum Gasteiger partial charge on any atom is 0.223 e. The molecule has 0 fully saturated rings. The molecule has 84 valence electrons. The Labute approximate surface area is 97.3 Å². The molecule has 1 rings (SSSR count). The van der Waals surface area contributed by atoms with Crippen LogP contribution in [0.15, 0.2) is 30.3 Å². The largest absolute Gasteiger partial charge is 0.335 e. The lowest BCUT2D eigenvalue weighted by molar-refractivity contribution is -0.129. The van der Waals surface area contributed by atoms with E-state index in [9.17, 15) is 4.79 Å². The zero-order chi connectivity index (χ0) is 11.8. The van der Waals surface area contributed by atoms with E-state index in [4.69, 9.17) is 6.42 Å². The Kier molecular flexibility index (Phi) is 5.15. The highest BCUT2D eigenvalue weighted by Gasteiger charge is 2.06. The smallest absolute Gasteiger partial charge is 0.223 e. The molecule has 0 aliphatic carbocycles. The molecule has 0 N–H and O–H groups in total. The molecule has 1 aromatic rings. The maximum atomic E-state index is 11.6. The van der Waals surface area contributed by atoms with Crippen molar-refractivity contribution in [3.05, 3.63) is 35.9 Å². The van der Waals surface area contributed by atoms with E-state index in [1.807, 2.05) is 18.2 Å². The SMILES string of the molecule is C#CCN(C)C(=O)CCCc1ccccc1. The summed E-state index contributed by atoms with van der Waals surface area (Å²) in [6, 6.07) is 10.2. The van der Waals surface area contributed by atoms with Gasteiger partial charge in [-0.15, -0.1) is 6.42 Å². The summed E-state index contributed by atoms with van der Waals surface area (Å²) in [7, 11) is 1.74.